The Balaban J connectivity index is 1.79. The number of ether oxygens (including phenoxy) is 1. The van der Waals surface area contributed by atoms with E-state index in [4.69, 9.17) is 15.1 Å². The number of carbonyl (C=O) groups is 1. The molecule has 4 heterocycles. The molecule has 0 aliphatic carbocycles. The fourth-order valence-electron chi connectivity index (χ4n) is 5.54. The zero-order chi connectivity index (χ0) is 28.1. The van der Waals surface area contributed by atoms with Gasteiger partial charge in [-0.3, -0.25) is 10.2 Å². The van der Waals surface area contributed by atoms with E-state index in [2.05, 4.69) is 17.2 Å². The van der Waals surface area contributed by atoms with Crippen molar-refractivity contribution in [3.8, 4) is 11.3 Å². The lowest BCUT2D eigenvalue weighted by Crippen LogP contribution is -2.42. The molecule has 5 rings (SSSR count). The van der Waals surface area contributed by atoms with E-state index in [1.807, 2.05) is 4.57 Å². The van der Waals surface area contributed by atoms with Crippen molar-refractivity contribution in [1.29, 1.82) is 5.41 Å². The summed E-state index contributed by atoms with van der Waals surface area (Å²) in [6.07, 6.45) is 1.22. The van der Waals surface area contributed by atoms with Gasteiger partial charge in [-0.25, -0.2) is 23.1 Å². The Bertz CT molecular complexity index is 1490. The summed E-state index contributed by atoms with van der Waals surface area (Å²) in [6, 6.07) is 3.31. The number of nitrogens with one attached hydrogen (secondary N) is 2. The van der Waals surface area contributed by atoms with E-state index in [0.717, 1.165) is 0 Å². The Morgan fingerprint density at radius 2 is 2.00 bits per heavy atom. The largest absolute Gasteiger partial charge is 0.394 e. The lowest BCUT2D eigenvalue weighted by Gasteiger charge is -2.37. The first kappa shape index (κ1) is 26.9. The third-order valence-electron chi connectivity index (χ3n) is 7.77. The average molecular weight is 541 g/mol. The van der Waals surface area contributed by atoms with E-state index in [1.54, 1.807) is 25.9 Å². The van der Waals surface area contributed by atoms with Crippen LogP contribution >= 0.6 is 0 Å². The molecule has 2 aliphatic rings. The number of amides is 1. The van der Waals surface area contributed by atoms with Crippen LogP contribution in [0.25, 0.3) is 22.2 Å². The normalized spacial score (nSPS) is 19.2. The van der Waals surface area contributed by atoms with Gasteiger partial charge in [-0.1, -0.05) is 6.92 Å². The van der Waals surface area contributed by atoms with Crippen LogP contribution in [-0.4, -0.2) is 58.4 Å². The zero-order valence-electron chi connectivity index (χ0n) is 22.3. The molecule has 3 aromatic rings. The zero-order valence-corrected chi connectivity index (χ0v) is 22.3. The minimum atomic E-state index is -2.94. The summed E-state index contributed by atoms with van der Waals surface area (Å²) in [5.74, 6) is -0.0424. The minimum absolute atomic E-state index is 0.0614. The molecular weight excluding hydrogens is 509 g/mol. The quantitative estimate of drug-likeness (QED) is 0.435. The second-order valence-electron chi connectivity index (χ2n) is 10.4. The molecule has 1 aromatic carbocycles. The Morgan fingerprint density at radius 3 is 2.67 bits per heavy atom. The molecule has 0 saturated carbocycles. The summed E-state index contributed by atoms with van der Waals surface area (Å²) in [6.45, 7) is 5.14. The Labute approximate surface area is 224 Å². The number of aromatic nitrogens is 3. The number of fused-ring (bicyclic) bond motifs is 2. The van der Waals surface area contributed by atoms with E-state index in [0.29, 0.717) is 43.3 Å². The monoisotopic (exact) mass is 540 g/mol. The molecule has 2 N–H and O–H groups in total. The van der Waals surface area contributed by atoms with Gasteiger partial charge in [0.1, 0.15) is 17.7 Å². The number of carbonyl (C=O) groups excluding carboxylic acids is 1. The third kappa shape index (κ3) is 4.48. The van der Waals surface area contributed by atoms with Gasteiger partial charge < -0.3 is 19.5 Å². The SMILES string of the molecule is CN/C=C\C(=N)c1nc2ccc(F)c(-c3nc(C4(C)CCOCC4)n4c3CN(C)C(=O)C4C)c2cc1C(F)F. The summed E-state index contributed by atoms with van der Waals surface area (Å²) >= 11 is 0. The van der Waals surface area contributed by atoms with Crippen LogP contribution in [0.1, 0.15) is 61.9 Å². The highest BCUT2D eigenvalue weighted by atomic mass is 19.3. The van der Waals surface area contributed by atoms with Crippen LogP contribution in [0.15, 0.2) is 30.5 Å². The number of hydrogen-bond acceptors (Lipinski definition) is 6. The molecule has 2 aromatic heterocycles. The molecule has 1 saturated heterocycles. The molecule has 2 aliphatic heterocycles. The number of hydrogen-bond donors (Lipinski definition) is 2. The van der Waals surface area contributed by atoms with Crippen molar-refractivity contribution in [2.45, 2.75) is 51.1 Å². The van der Waals surface area contributed by atoms with E-state index < -0.39 is 29.3 Å². The molecule has 206 valence electrons. The van der Waals surface area contributed by atoms with Gasteiger partial charge in [0, 0.05) is 49.2 Å². The molecule has 8 nitrogen and oxygen atoms in total. The van der Waals surface area contributed by atoms with Crippen molar-refractivity contribution in [2.24, 2.45) is 0 Å². The van der Waals surface area contributed by atoms with Crippen molar-refractivity contribution in [3.05, 3.63) is 59.1 Å². The molecule has 39 heavy (non-hydrogen) atoms. The number of pyridine rings is 1. The predicted octanol–water partition coefficient (Wildman–Crippen LogP) is 4.88. The summed E-state index contributed by atoms with van der Waals surface area (Å²) < 4.78 is 51.7. The summed E-state index contributed by atoms with van der Waals surface area (Å²) in [5.41, 5.74) is 0.0285. The number of alkyl halides is 2. The number of likely N-dealkylation sites (N-methyl/N-ethyl adjacent to an activating group) is 1. The van der Waals surface area contributed by atoms with Gasteiger partial charge in [0.05, 0.1) is 34.9 Å². The standard InChI is InChI=1S/C28H31F3N6O2/c1-15-26(38)36(4)14-21-24(35-27(37(15)21)28(2)8-11-39-12-9-28)22-16-13-17(25(30)31)23(19(32)7-10-33-3)34-20(16)6-5-18(22)29/h5-7,10,13,15,25,32-33H,8-9,11-12,14H2,1-4H3/b10-7-,32-19?. The summed E-state index contributed by atoms with van der Waals surface area (Å²) in [7, 11) is 3.31. The fraction of sp³-hybridized carbons (Fsp3) is 0.429. The Kier molecular flexibility index (Phi) is 6.96. The highest BCUT2D eigenvalue weighted by Gasteiger charge is 2.41. The molecule has 0 spiro atoms. The number of allylic oxidation sites excluding steroid dienone is 1. The third-order valence-corrected chi connectivity index (χ3v) is 7.77. The first-order chi connectivity index (χ1) is 18.6. The van der Waals surface area contributed by atoms with Crippen molar-refractivity contribution in [3.63, 3.8) is 0 Å². The maximum absolute atomic E-state index is 15.7. The fourth-order valence-corrected chi connectivity index (χ4v) is 5.54. The van der Waals surface area contributed by atoms with Gasteiger partial charge in [-0.15, -0.1) is 0 Å². The van der Waals surface area contributed by atoms with E-state index in [9.17, 15) is 13.6 Å². The van der Waals surface area contributed by atoms with Crippen molar-refractivity contribution in [2.75, 3.05) is 27.3 Å². The Morgan fingerprint density at radius 1 is 1.28 bits per heavy atom. The molecule has 11 heteroatoms. The maximum Gasteiger partial charge on any atom is 0.266 e. The molecular formula is C28H31F3N6O2. The van der Waals surface area contributed by atoms with Crippen LogP contribution in [0.5, 0.6) is 0 Å². The van der Waals surface area contributed by atoms with Crippen LogP contribution in [0.3, 0.4) is 0 Å². The summed E-state index contributed by atoms with van der Waals surface area (Å²) in [5, 5.41) is 11.2. The maximum atomic E-state index is 15.7. The van der Waals surface area contributed by atoms with Crippen LogP contribution in [0, 0.1) is 11.2 Å². The first-order valence-corrected chi connectivity index (χ1v) is 12.9. The van der Waals surface area contributed by atoms with E-state index in [1.165, 1.54) is 30.5 Å². The van der Waals surface area contributed by atoms with Crippen molar-refractivity contribution < 1.29 is 22.7 Å². The second kappa shape index (κ2) is 10.1. The first-order valence-electron chi connectivity index (χ1n) is 12.9. The molecule has 1 fully saturated rings. The lowest BCUT2D eigenvalue weighted by atomic mass is 9.81. The predicted molar refractivity (Wildman–Crippen MR) is 141 cm³/mol. The van der Waals surface area contributed by atoms with Gasteiger partial charge in [0.15, 0.2) is 0 Å². The molecule has 1 unspecified atom stereocenters. The van der Waals surface area contributed by atoms with Crippen LogP contribution < -0.4 is 5.32 Å². The second-order valence-corrected chi connectivity index (χ2v) is 10.4. The number of rotatable bonds is 6. The smallest absolute Gasteiger partial charge is 0.266 e. The van der Waals surface area contributed by atoms with Crippen LogP contribution in [0.4, 0.5) is 13.2 Å². The lowest BCUT2D eigenvalue weighted by molar-refractivity contribution is -0.135. The van der Waals surface area contributed by atoms with Gasteiger partial charge >= 0.3 is 0 Å². The van der Waals surface area contributed by atoms with E-state index >= 15 is 4.39 Å². The van der Waals surface area contributed by atoms with Crippen LogP contribution in [0.2, 0.25) is 0 Å². The molecule has 0 bridgehead atoms. The van der Waals surface area contributed by atoms with Crippen LogP contribution in [-0.2, 0) is 21.5 Å². The van der Waals surface area contributed by atoms with Gasteiger partial charge in [-0.2, -0.15) is 0 Å². The molecule has 0 radical (unpaired) electrons. The highest BCUT2D eigenvalue weighted by molar-refractivity contribution is 6.08. The average Bonchev–Trinajstić information content (AvgIpc) is 3.29. The number of imidazole rings is 1. The molecule has 1 amide bonds. The van der Waals surface area contributed by atoms with Gasteiger partial charge in [-0.05, 0) is 50.2 Å². The number of nitrogens with zero attached hydrogens (tertiary/aromatic N) is 4. The Hall–Kier alpha value is -3.73. The highest BCUT2D eigenvalue weighted by Crippen LogP contribution is 2.43. The van der Waals surface area contributed by atoms with Crippen molar-refractivity contribution >= 4 is 22.5 Å². The molecule has 1 atom stereocenters. The van der Waals surface area contributed by atoms with Crippen molar-refractivity contribution in [1.82, 2.24) is 24.8 Å². The van der Waals surface area contributed by atoms with Gasteiger partial charge in [0.2, 0.25) is 5.91 Å². The number of benzene rings is 1. The van der Waals surface area contributed by atoms with Gasteiger partial charge in [0.25, 0.3) is 6.43 Å². The minimum Gasteiger partial charge on any atom is -0.394 e. The summed E-state index contributed by atoms with van der Waals surface area (Å²) in [4.78, 5) is 23.9. The van der Waals surface area contributed by atoms with E-state index in [-0.39, 0.29) is 40.3 Å². The number of halogens is 3. The topological polar surface area (TPSA) is 96.1 Å².